The second-order valence-electron chi connectivity index (χ2n) is 5.71. The first-order valence-corrected chi connectivity index (χ1v) is 6.56. The molecule has 0 aliphatic rings. The minimum Gasteiger partial charge on any atom is -0.444 e. The summed E-state index contributed by atoms with van der Waals surface area (Å²) >= 11 is 0. The molecule has 1 aromatic heterocycles. The van der Waals surface area contributed by atoms with Crippen molar-refractivity contribution in [3.63, 3.8) is 0 Å². The van der Waals surface area contributed by atoms with E-state index in [1.165, 1.54) is 6.07 Å². The third kappa shape index (κ3) is 5.65. The SMILES string of the molecule is Cc1ccc(F)c(C(O)C(O)CNC(=O)OC(C)(C)C)n1. The second kappa shape index (κ2) is 6.82. The van der Waals surface area contributed by atoms with Crippen LogP contribution in [-0.2, 0) is 4.74 Å². The Bertz CT molecular complexity index is 502. The average Bonchev–Trinajstić information content (AvgIpc) is 2.36. The zero-order chi connectivity index (χ0) is 16.2. The largest absolute Gasteiger partial charge is 0.444 e. The molecule has 1 aromatic rings. The number of aryl methyl sites for hydroxylation is 1. The summed E-state index contributed by atoms with van der Waals surface area (Å²) in [6, 6.07) is 2.62. The Labute approximate surface area is 123 Å². The summed E-state index contributed by atoms with van der Waals surface area (Å²) in [5.74, 6) is -0.718. The van der Waals surface area contributed by atoms with Crippen LogP contribution in [0.15, 0.2) is 12.1 Å². The first-order chi connectivity index (χ1) is 9.60. The molecule has 1 heterocycles. The number of nitrogens with zero attached hydrogens (tertiary/aromatic N) is 1. The lowest BCUT2D eigenvalue weighted by atomic mass is 10.1. The number of aliphatic hydroxyl groups is 2. The zero-order valence-corrected chi connectivity index (χ0v) is 12.6. The van der Waals surface area contributed by atoms with Crippen molar-refractivity contribution < 1.29 is 24.1 Å². The Balaban J connectivity index is 2.61. The monoisotopic (exact) mass is 300 g/mol. The second-order valence-corrected chi connectivity index (χ2v) is 5.71. The number of amides is 1. The van der Waals surface area contributed by atoms with Crippen LogP contribution in [0.2, 0.25) is 0 Å². The lowest BCUT2D eigenvalue weighted by Crippen LogP contribution is -2.39. The molecule has 0 fully saturated rings. The molecule has 0 radical (unpaired) electrons. The summed E-state index contributed by atoms with van der Waals surface area (Å²) in [5.41, 5.74) is -0.413. The summed E-state index contributed by atoms with van der Waals surface area (Å²) in [7, 11) is 0. The van der Waals surface area contributed by atoms with E-state index in [2.05, 4.69) is 10.3 Å². The first-order valence-electron chi connectivity index (χ1n) is 6.56. The van der Waals surface area contributed by atoms with Gasteiger partial charge in [-0.2, -0.15) is 0 Å². The highest BCUT2D eigenvalue weighted by molar-refractivity contribution is 5.67. The molecule has 1 rings (SSSR count). The third-order valence-electron chi connectivity index (χ3n) is 2.51. The minimum absolute atomic E-state index is 0.256. The molecule has 1 amide bonds. The van der Waals surface area contributed by atoms with E-state index in [0.29, 0.717) is 5.69 Å². The third-order valence-corrected chi connectivity index (χ3v) is 2.51. The predicted molar refractivity (Wildman–Crippen MR) is 74.1 cm³/mol. The van der Waals surface area contributed by atoms with E-state index in [4.69, 9.17) is 4.74 Å². The van der Waals surface area contributed by atoms with Gasteiger partial charge in [0.15, 0.2) is 0 Å². The number of hydrogen-bond donors (Lipinski definition) is 3. The van der Waals surface area contributed by atoms with Gasteiger partial charge in [-0.05, 0) is 39.8 Å². The number of aliphatic hydroxyl groups excluding tert-OH is 2. The van der Waals surface area contributed by atoms with Gasteiger partial charge in [-0.15, -0.1) is 0 Å². The van der Waals surface area contributed by atoms with Crippen molar-refractivity contribution >= 4 is 6.09 Å². The summed E-state index contributed by atoms with van der Waals surface area (Å²) < 4.78 is 18.5. The van der Waals surface area contributed by atoms with Crippen molar-refractivity contribution in [2.45, 2.75) is 45.5 Å². The summed E-state index contributed by atoms with van der Waals surface area (Å²) in [6.45, 7) is 6.45. The standard InChI is InChI=1S/C14H21FN2O4/c1-8-5-6-9(15)11(17-8)12(19)10(18)7-16-13(20)21-14(2,3)4/h5-6,10,12,18-19H,7H2,1-4H3,(H,16,20). The molecular weight excluding hydrogens is 279 g/mol. The maximum atomic E-state index is 13.6. The van der Waals surface area contributed by atoms with Crippen LogP contribution >= 0.6 is 0 Å². The van der Waals surface area contributed by atoms with Crippen LogP contribution in [0, 0.1) is 12.7 Å². The Morgan fingerprint density at radius 3 is 2.62 bits per heavy atom. The van der Waals surface area contributed by atoms with Gasteiger partial charge in [0, 0.05) is 12.2 Å². The van der Waals surface area contributed by atoms with Crippen LogP contribution in [0.25, 0.3) is 0 Å². The number of hydrogen-bond acceptors (Lipinski definition) is 5. The number of alkyl carbamates (subject to hydrolysis) is 1. The first kappa shape index (κ1) is 17.3. The van der Waals surface area contributed by atoms with Crippen molar-refractivity contribution in [1.82, 2.24) is 10.3 Å². The normalized spacial score (nSPS) is 14.4. The molecule has 0 saturated heterocycles. The molecule has 3 N–H and O–H groups in total. The maximum Gasteiger partial charge on any atom is 0.407 e. The number of carbonyl (C=O) groups is 1. The maximum absolute atomic E-state index is 13.6. The van der Waals surface area contributed by atoms with Gasteiger partial charge in [-0.3, -0.25) is 4.98 Å². The molecular formula is C14H21FN2O4. The van der Waals surface area contributed by atoms with Gasteiger partial charge in [-0.25, -0.2) is 9.18 Å². The van der Waals surface area contributed by atoms with Gasteiger partial charge < -0.3 is 20.3 Å². The van der Waals surface area contributed by atoms with Crippen molar-refractivity contribution in [2.24, 2.45) is 0 Å². The summed E-state index contributed by atoms with van der Waals surface area (Å²) in [6.07, 6.45) is -3.67. The number of rotatable bonds is 4. The molecule has 21 heavy (non-hydrogen) atoms. The Morgan fingerprint density at radius 2 is 2.05 bits per heavy atom. The number of pyridine rings is 1. The Kier molecular flexibility index (Phi) is 5.62. The molecule has 6 nitrogen and oxygen atoms in total. The number of carbonyl (C=O) groups excluding carboxylic acids is 1. The van der Waals surface area contributed by atoms with Crippen LogP contribution < -0.4 is 5.32 Å². The van der Waals surface area contributed by atoms with E-state index in [9.17, 15) is 19.4 Å². The highest BCUT2D eigenvalue weighted by Crippen LogP contribution is 2.18. The molecule has 0 saturated carbocycles. The Hall–Kier alpha value is -1.73. The van der Waals surface area contributed by atoms with Crippen molar-refractivity contribution in [3.8, 4) is 0 Å². The average molecular weight is 300 g/mol. The topological polar surface area (TPSA) is 91.7 Å². The number of ether oxygens (including phenoxy) is 1. The number of nitrogens with one attached hydrogen (secondary N) is 1. The van der Waals surface area contributed by atoms with E-state index in [0.717, 1.165) is 6.07 Å². The lowest BCUT2D eigenvalue weighted by molar-refractivity contribution is 0.00897. The molecule has 2 atom stereocenters. The van der Waals surface area contributed by atoms with E-state index < -0.39 is 29.7 Å². The fourth-order valence-corrected chi connectivity index (χ4v) is 1.56. The van der Waals surface area contributed by atoms with Gasteiger partial charge in [-0.1, -0.05) is 0 Å². The van der Waals surface area contributed by atoms with Crippen molar-refractivity contribution in [1.29, 1.82) is 0 Å². The molecule has 0 spiro atoms. The van der Waals surface area contributed by atoms with E-state index >= 15 is 0 Å². The predicted octanol–water partition coefficient (Wildman–Crippen LogP) is 1.45. The Morgan fingerprint density at radius 1 is 1.43 bits per heavy atom. The minimum atomic E-state index is -1.54. The number of aromatic nitrogens is 1. The van der Waals surface area contributed by atoms with Crippen LogP contribution in [0.3, 0.4) is 0 Å². The number of halogens is 1. The summed E-state index contributed by atoms with van der Waals surface area (Å²) in [5, 5.41) is 22.0. The smallest absolute Gasteiger partial charge is 0.407 e. The molecule has 2 unspecified atom stereocenters. The van der Waals surface area contributed by atoms with E-state index in [1.54, 1.807) is 27.7 Å². The lowest BCUT2D eigenvalue weighted by Gasteiger charge is -2.22. The van der Waals surface area contributed by atoms with Crippen LogP contribution in [0.5, 0.6) is 0 Å². The van der Waals surface area contributed by atoms with Gasteiger partial charge in [0.25, 0.3) is 0 Å². The molecule has 0 aliphatic heterocycles. The van der Waals surface area contributed by atoms with E-state index in [-0.39, 0.29) is 12.2 Å². The molecule has 0 aromatic carbocycles. The van der Waals surface area contributed by atoms with Crippen LogP contribution in [0.4, 0.5) is 9.18 Å². The fraction of sp³-hybridized carbons (Fsp3) is 0.571. The highest BCUT2D eigenvalue weighted by atomic mass is 19.1. The van der Waals surface area contributed by atoms with Gasteiger partial charge in [0.05, 0.1) is 0 Å². The summed E-state index contributed by atoms with van der Waals surface area (Å²) in [4.78, 5) is 15.3. The van der Waals surface area contributed by atoms with Crippen molar-refractivity contribution in [2.75, 3.05) is 6.54 Å². The molecule has 0 bridgehead atoms. The molecule has 7 heteroatoms. The van der Waals surface area contributed by atoms with Crippen LogP contribution in [-0.4, -0.2) is 39.5 Å². The quantitative estimate of drug-likeness (QED) is 0.783. The van der Waals surface area contributed by atoms with E-state index in [1.807, 2.05) is 0 Å². The van der Waals surface area contributed by atoms with Crippen molar-refractivity contribution in [3.05, 3.63) is 29.3 Å². The van der Waals surface area contributed by atoms with Gasteiger partial charge >= 0.3 is 6.09 Å². The molecule has 0 aliphatic carbocycles. The van der Waals surface area contributed by atoms with Crippen LogP contribution in [0.1, 0.15) is 38.3 Å². The zero-order valence-electron chi connectivity index (χ0n) is 12.6. The fourth-order valence-electron chi connectivity index (χ4n) is 1.56. The van der Waals surface area contributed by atoms with Gasteiger partial charge in [0.2, 0.25) is 0 Å². The highest BCUT2D eigenvalue weighted by Gasteiger charge is 2.24. The molecule has 118 valence electrons. The van der Waals surface area contributed by atoms with Gasteiger partial charge in [0.1, 0.15) is 29.3 Å².